The van der Waals surface area contributed by atoms with E-state index in [-0.39, 0.29) is 11.9 Å². The summed E-state index contributed by atoms with van der Waals surface area (Å²) in [6.07, 6.45) is 2.90. The van der Waals surface area contributed by atoms with Gasteiger partial charge in [-0.3, -0.25) is 14.4 Å². The van der Waals surface area contributed by atoms with Crippen molar-refractivity contribution in [3.63, 3.8) is 0 Å². The maximum absolute atomic E-state index is 13.6. The van der Waals surface area contributed by atoms with Gasteiger partial charge in [-0.2, -0.15) is 5.10 Å². The van der Waals surface area contributed by atoms with Gasteiger partial charge in [0.15, 0.2) is 5.69 Å². The summed E-state index contributed by atoms with van der Waals surface area (Å²) < 4.78 is 21.2. The average Bonchev–Trinajstić information content (AvgIpc) is 3.43. The van der Waals surface area contributed by atoms with E-state index in [1.54, 1.807) is 11.8 Å². The summed E-state index contributed by atoms with van der Waals surface area (Å²) >= 11 is 1.80. The van der Waals surface area contributed by atoms with E-state index >= 15 is 0 Å². The molecule has 0 N–H and O–H groups in total. The van der Waals surface area contributed by atoms with Gasteiger partial charge in [-0.15, -0.1) is 11.8 Å². The van der Waals surface area contributed by atoms with Gasteiger partial charge in [-0.1, -0.05) is 45.9 Å². The summed E-state index contributed by atoms with van der Waals surface area (Å²) in [6, 6.07) is 8.77. The predicted octanol–water partition coefficient (Wildman–Crippen LogP) is 5.75. The molecule has 6 rings (SSSR count). The topological polar surface area (TPSA) is 53.8 Å². The summed E-state index contributed by atoms with van der Waals surface area (Å²) in [5.74, 6) is 0.816. The van der Waals surface area contributed by atoms with Crippen LogP contribution in [0.5, 0.6) is 0 Å². The Morgan fingerprint density at radius 1 is 0.975 bits per heavy atom. The molecule has 40 heavy (non-hydrogen) atoms. The van der Waals surface area contributed by atoms with Crippen LogP contribution in [-0.2, 0) is 10.5 Å². The molecule has 1 aromatic carbocycles. The summed E-state index contributed by atoms with van der Waals surface area (Å²) in [4.78, 5) is 21.7. The molecule has 1 aromatic heterocycles. The number of fused-ring (bicyclic) bond motifs is 3. The van der Waals surface area contributed by atoms with E-state index in [0.29, 0.717) is 44.8 Å². The van der Waals surface area contributed by atoms with Gasteiger partial charge in [0.05, 0.1) is 24.9 Å². The zero-order chi connectivity index (χ0) is 28.5. The molecule has 0 radical (unpaired) electrons. The Morgan fingerprint density at radius 3 is 2.42 bits per heavy atom. The molecule has 3 saturated heterocycles. The molecule has 0 aliphatic carbocycles. The molecule has 4 aliphatic heterocycles. The molecule has 5 heterocycles. The number of nitrogens with zero attached hydrogens (tertiary/aromatic N) is 5. The van der Waals surface area contributed by atoms with Gasteiger partial charge in [-0.05, 0) is 38.3 Å². The summed E-state index contributed by atoms with van der Waals surface area (Å²) in [6.45, 7) is 16.2. The maximum atomic E-state index is 13.6. The lowest BCUT2D eigenvalue weighted by molar-refractivity contribution is 0.0297. The zero-order valence-electron chi connectivity index (χ0n) is 24.9. The molecule has 1 amide bonds. The Bertz CT molecular complexity index is 1080. The van der Waals surface area contributed by atoms with Crippen molar-refractivity contribution in [2.45, 2.75) is 76.2 Å². The molecule has 0 saturated carbocycles. The minimum atomic E-state index is -0.623. The molecule has 0 bridgehead atoms. The Morgan fingerprint density at radius 2 is 1.68 bits per heavy atom. The number of amides is 1. The molecule has 7 nitrogen and oxygen atoms in total. The number of ether oxygens (including phenoxy) is 1. The SMILES string of the molecule is CC.CC.O=C(c1nn(C2CCCN(CCN3CCC(F)CC3)C2)c2c1CSc1ccccc1-2)N1CCOCC1. The first-order valence-electron chi connectivity index (χ1n) is 15.5. The second-order valence-electron chi connectivity index (χ2n) is 10.4. The number of piperidine rings is 2. The van der Waals surface area contributed by atoms with E-state index in [4.69, 9.17) is 9.84 Å². The highest BCUT2D eigenvalue weighted by Gasteiger charge is 2.34. The molecular formula is C31H48FN5O2S. The molecular weight excluding hydrogens is 525 g/mol. The van der Waals surface area contributed by atoms with Crippen LogP contribution in [0.4, 0.5) is 4.39 Å². The molecule has 222 valence electrons. The smallest absolute Gasteiger partial charge is 0.274 e. The van der Waals surface area contributed by atoms with Crippen molar-refractivity contribution in [2.24, 2.45) is 0 Å². The standard InChI is InChI=1S/C27H36FN5O2S.2C2H6/c28-20-7-10-30(11-8-20)12-13-31-9-3-4-21(18-31)33-26-22-5-1-2-6-24(22)36-19-23(26)25(29-33)27(34)32-14-16-35-17-15-32;2*1-2/h1-2,5-6,20-21H,3-4,7-19H2;2*1-2H3. The number of halogens is 1. The van der Waals surface area contributed by atoms with Crippen molar-refractivity contribution in [2.75, 3.05) is 65.6 Å². The minimum absolute atomic E-state index is 0.0391. The lowest BCUT2D eigenvalue weighted by Gasteiger charge is -2.36. The third-order valence-electron chi connectivity index (χ3n) is 8.10. The number of hydrogen-bond donors (Lipinski definition) is 0. The van der Waals surface area contributed by atoms with Gasteiger partial charge in [0.2, 0.25) is 0 Å². The zero-order valence-corrected chi connectivity index (χ0v) is 25.7. The average molecular weight is 574 g/mol. The highest BCUT2D eigenvalue weighted by molar-refractivity contribution is 7.98. The number of carbonyl (C=O) groups excluding carboxylic acids is 1. The fourth-order valence-electron chi connectivity index (χ4n) is 6.02. The quantitative estimate of drug-likeness (QED) is 0.454. The van der Waals surface area contributed by atoms with E-state index < -0.39 is 6.17 Å². The molecule has 1 atom stereocenters. The predicted molar refractivity (Wildman–Crippen MR) is 162 cm³/mol. The Hall–Kier alpha value is -1.94. The molecule has 0 spiro atoms. The highest BCUT2D eigenvalue weighted by atomic mass is 32.2. The van der Waals surface area contributed by atoms with Crippen molar-refractivity contribution in [1.82, 2.24) is 24.5 Å². The summed E-state index contributed by atoms with van der Waals surface area (Å²) in [5, 5.41) is 5.07. The Balaban J connectivity index is 0.000000886. The van der Waals surface area contributed by atoms with E-state index in [9.17, 15) is 9.18 Å². The number of benzene rings is 1. The number of aromatic nitrogens is 2. The number of carbonyl (C=O) groups is 1. The number of hydrogen-bond acceptors (Lipinski definition) is 6. The van der Waals surface area contributed by atoms with Gasteiger partial charge in [-0.25, -0.2) is 4.39 Å². The van der Waals surface area contributed by atoms with Gasteiger partial charge in [0, 0.05) is 67.6 Å². The number of likely N-dealkylation sites (tertiary alicyclic amines) is 2. The second kappa shape index (κ2) is 15.3. The molecule has 3 fully saturated rings. The van der Waals surface area contributed by atoms with Gasteiger partial charge >= 0.3 is 0 Å². The molecule has 9 heteroatoms. The van der Waals surface area contributed by atoms with Crippen LogP contribution < -0.4 is 0 Å². The van der Waals surface area contributed by atoms with Crippen molar-refractivity contribution in [1.29, 1.82) is 0 Å². The Labute approximate surface area is 244 Å². The summed E-state index contributed by atoms with van der Waals surface area (Å²) in [5.41, 5.74) is 4.04. The van der Waals surface area contributed by atoms with E-state index in [0.717, 1.165) is 69.1 Å². The van der Waals surface area contributed by atoms with Crippen LogP contribution >= 0.6 is 11.8 Å². The first-order chi connectivity index (χ1) is 19.7. The fourth-order valence-corrected chi connectivity index (χ4v) is 7.09. The van der Waals surface area contributed by atoms with Gasteiger partial charge in [0.1, 0.15) is 6.17 Å². The number of thioether (sulfide) groups is 1. The van der Waals surface area contributed by atoms with Crippen molar-refractivity contribution >= 4 is 17.7 Å². The molecule has 1 unspecified atom stereocenters. The van der Waals surface area contributed by atoms with Crippen LogP contribution in [0, 0.1) is 0 Å². The minimum Gasteiger partial charge on any atom is -0.378 e. The van der Waals surface area contributed by atoms with Crippen LogP contribution in [0.25, 0.3) is 11.3 Å². The number of alkyl halides is 1. The second-order valence-corrected chi connectivity index (χ2v) is 11.4. The fraction of sp³-hybridized carbons (Fsp3) is 0.677. The van der Waals surface area contributed by atoms with Crippen molar-refractivity contribution in [3.05, 3.63) is 35.5 Å². The first-order valence-corrected chi connectivity index (χ1v) is 16.5. The van der Waals surface area contributed by atoms with Crippen molar-refractivity contribution in [3.8, 4) is 11.3 Å². The summed E-state index contributed by atoms with van der Waals surface area (Å²) in [7, 11) is 0. The third-order valence-corrected chi connectivity index (χ3v) is 9.20. The highest BCUT2D eigenvalue weighted by Crippen LogP contribution is 2.44. The van der Waals surface area contributed by atoms with Crippen molar-refractivity contribution < 1.29 is 13.9 Å². The van der Waals surface area contributed by atoms with Gasteiger partial charge in [0.25, 0.3) is 5.91 Å². The largest absolute Gasteiger partial charge is 0.378 e. The van der Waals surface area contributed by atoms with Crippen LogP contribution in [0.15, 0.2) is 29.2 Å². The third kappa shape index (κ3) is 7.09. The molecule has 2 aromatic rings. The van der Waals surface area contributed by atoms with E-state index in [2.05, 4.69) is 38.7 Å². The van der Waals surface area contributed by atoms with E-state index in [1.165, 1.54) is 10.5 Å². The van der Waals surface area contributed by atoms with Crippen LogP contribution in [0.1, 0.15) is 75.5 Å². The van der Waals surface area contributed by atoms with Crippen LogP contribution in [0.2, 0.25) is 0 Å². The van der Waals surface area contributed by atoms with Gasteiger partial charge < -0.3 is 14.5 Å². The van der Waals surface area contributed by atoms with E-state index in [1.807, 2.05) is 32.6 Å². The van der Waals surface area contributed by atoms with Crippen LogP contribution in [-0.4, -0.2) is 102 Å². The normalized spacial score (nSPS) is 21.8. The molecule has 4 aliphatic rings. The number of rotatable bonds is 5. The monoisotopic (exact) mass is 573 g/mol. The maximum Gasteiger partial charge on any atom is 0.274 e. The first kappa shape index (κ1) is 31.0. The lowest BCUT2D eigenvalue weighted by Crippen LogP contribution is -2.44. The number of morpholine rings is 1. The lowest BCUT2D eigenvalue weighted by atomic mass is 10.0. The Kier molecular flexibility index (Phi) is 11.9. The van der Waals surface area contributed by atoms with Crippen LogP contribution in [0.3, 0.4) is 0 Å².